The van der Waals surface area contributed by atoms with E-state index in [1.54, 1.807) is 13.8 Å². The van der Waals surface area contributed by atoms with Crippen molar-refractivity contribution in [3.8, 4) is 0 Å². The zero-order valence-corrected chi connectivity index (χ0v) is 10.9. The first-order chi connectivity index (χ1) is 6.74. The second kappa shape index (κ2) is 5.82. The molecule has 15 heavy (non-hydrogen) atoms. The highest BCUT2D eigenvalue weighted by molar-refractivity contribution is 7.92. The van der Waals surface area contributed by atoms with Crippen molar-refractivity contribution in [2.24, 2.45) is 0 Å². The van der Waals surface area contributed by atoms with E-state index in [1.165, 1.54) is 6.26 Å². The van der Waals surface area contributed by atoms with Crippen LogP contribution in [0.2, 0.25) is 0 Å². The molecule has 0 rings (SSSR count). The van der Waals surface area contributed by atoms with Crippen LogP contribution in [0, 0.1) is 0 Å². The number of rotatable bonds is 7. The lowest BCUT2D eigenvalue weighted by molar-refractivity contribution is 0.261. The maximum atomic E-state index is 11.4. The highest BCUT2D eigenvalue weighted by Crippen LogP contribution is 2.14. The van der Waals surface area contributed by atoms with Crippen molar-refractivity contribution >= 4 is 9.84 Å². The Morgan fingerprint density at radius 2 is 1.93 bits per heavy atom. The second-order valence-electron chi connectivity index (χ2n) is 4.53. The van der Waals surface area contributed by atoms with Crippen LogP contribution in [0.4, 0.5) is 0 Å². The summed E-state index contributed by atoms with van der Waals surface area (Å²) in [6.45, 7) is 5.98. The van der Waals surface area contributed by atoms with E-state index in [2.05, 4.69) is 5.32 Å². The third kappa shape index (κ3) is 4.95. The van der Waals surface area contributed by atoms with Crippen LogP contribution in [0.1, 0.15) is 33.6 Å². The van der Waals surface area contributed by atoms with Crippen molar-refractivity contribution in [1.29, 1.82) is 0 Å². The van der Waals surface area contributed by atoms with Gasteiger partial charge in [0, 0.05) is 25.4 Å². The summed E-state index contributed by atoms with van der Waals surface area (Å²) in [4.78, 5) is 0. The van der Waals surface area contributed by atoms with E-state index in [-0.39, 0.29) is 12.6 Å². The highest BCUT2D eigenvalue weighted by Gasteiger charge is 2.30. The van der Waals surface area contributed by atoms with Crippen LogP contribution >= 0.6 is 0 Å². The predicted octanol–water partition coefficient (Wildman–Crippen LogP) is 0.560. The van der Waals surface area contributed by atoms with Crippen molar-refractivity contribution in [3.05, 3.63) is 0 Å². The SMILES string of the molecule is CCC(CCO)NCC(C)(C)S(C)(=O)=O. The van der Waals surface area contributed by atoms with Crippen LogP contribution in [-0.2, 0) is 9.84 Å². The summed E-state index contributed by atoms with van der Waals surface area (Å²) in [7, 11) is -3.05. The normalized spacial score (nSPS) is 15.3. The average molecular weight is 237 g/mol. The van der Waals surface area contributed by atoms with Gasteiger partial charge in [-0.2, -0.15) is 0 Å². The third-order valence-electron chi connectivity index (χ3n) is 2.79. The maximum Gasteiger partial charge on any atom is 0.153 e. The first kappa shape index (κ1) is 14.9. The summed E-state index contributed by atoms with van der Waals surface area (Å²) >= 11 is 0. The van der Waals surface area contributed by atoms with Gasteiger partial charge in [0.05, 0.1) is 4.75 Å². The molecule has 5 heteroatoms. The first-order valence-electron chi connectivity index (χ1n) is 5.28. The lowest BCUT2D eigenvalue weighted by Gasteiger charge is -2.26. The molecule has 0 fully saturated rings. The fraction of sp³-hybridized carbons (Fsp3) is 1.00. The van der Waals surface area contributed by atoms with E-state index in [1.807, 2.05) is 6.92 Å². The van der Waals surface area contributed by atoms with Gasteiger partial charge in [0.1, 0.15) is 0 Å². The van der Waals surface area contributed by atoms with Crippen LogP contribution in [0.5, 0.6) is 0 Å². The van der Waals surface area contributed by atoms with E-state index in [4.69, 9.17) is 5.11 Å². The fourth-order valence-corrected chi connectivity index (χ4v) is 1.47. The second-order valence-corrected chi connectivity index (χ2v) is 7.18. The number of hydrogen-bond acceptors (Lipinski definition) is 4. The van der Waals surface area contributed by atoms with E-state index in [0.717, 1.165) is 6.42 Å². The molecule has 2 N–H and O–H groups in total. The molecule has 0 aliphatic rings. The molecular formula is C10H23NO3S. The summed E-state index contributed by atoms with van der Waals surface area (Å²) in [5.74, 6) is 0. The molecule has 92 valence electrons. The molecule has 0 aromatic rings. The smallest absolute Gasteiger partial charge is 0.153 e. The molecule has 0 heterocycles. The molecule has 1 atom stereocenters. The molecule has 0 spiro atoms. The number of aliphatic hydroxyl groups excluding tert-OH is 1. The number of sulfone groups is 1. The Hall–Kier alpha value is -0.130. The van der Waals surface area contributed by atoms with Gasteiger partial charge < -0.3 is 10.4 Å². The first-order valence-corrected chi connectivity index (χ1v) is 7.17. The summed E-state index contributed by atoms with van der Waals surface area (Å²) in [5, 5.41) is 12.0. The Kier molecular flexibility index (Phi) is 5.77. The Labute approximate surface area is 93.0 Å². The van der Waals surface area contributed by atoms with Crippen molar-refractivity contribution in [2.45, 2.75) is 44.4 Å². The lowest BCUT2D eigenvalue weighted by atomic mass is 10.1. The van der Waals surface area contributed by atoms with Gasteiger partial charge in [0.15, 0.2) is 9.84 Å². The number of aliphatic hydroxyl groups is 1. The van der Waals surface area contributed by atoms with Crippen LogP contribution in [0.3, 0.4) is 0 Å². The molecule has 0 aromatic heterocycles. The highest BCUT2D eigenvalue weighted by atomic mass is 32.2. The van der Waals surface area contributed by atoms with Crippen molar-refractivity contribution in [3.63, 3.8) is 0 Å². The Balaban J connectivity index is 4.25. The van der Waals surface area contributed by atoms with E-state index >= 15 is 0 Å². The third-order valence-corrected chi connectivity index (χ3v) is 4.94. The molecular weight excluding hydrogens is 214 g/mol. The van der Waals surface area contributed by atoms with Crippen LogP contribution in [-0.4, -0.2) is 43.7 Å². The van der Waals surface area contributed by atoms with Gasteiger partial charge in [-0.1, -0.05) is 6.92 Å². The predicted molar refractivity (Wildman–Crippen MR) is 62.7 cm³/mol. The van der Waals surface area contributed by atoms with Crippen LogP contribution in [0.25, 0.3) is 0 Å². The molecule has 0 bridgehead atoms. The lowest BCUT2D eigenvalue weighted by Crippen LogP contribution is -2.45. The zero-order valence-electron chi connectivity index (χ0n) is 10.1. The summed E-state index contributed by atoms with van der Waals surface area (Å²) < 4.78 is 22.1. The van der Waals surface area contributed by atoms with E-state index in [9.17, 15) is 8.42 Å². The van der Waals surface area contributed by atoms with Crippen LogP contribution in [0.15, 0.2) is 0 Å². The molecule has 0 radical (unpaired) electrons. The molecule has 0 aromatic carbocycles. The van der Waals surface area contributed by atoms with E-state index < -0.39 is 14.6 Å². The van der Waals surface area contributed by atoms with Crippen molar-refractivity contribution < 1.29 is 13.5 Å². The molecule has 0 aliphatic carbocycles. The molecule has 0 amide bonds. The minimum Gasteiger partial charge on any atom is -0.396 e. The topological polar surface area (TPSA) is 66.4 Å². The molecule has 1 unspecified atom stereocenters. The summed E-state index contributed by atoms with van der Waals surface area (Å²) in [5.41, 5.74) is 0. The van der Waals surface area contributed by atoms with Gasteiger partial charge in [0.25, 0.3) is 0 Å². The van der Waals surface area contributed by atoms with Crippen molar-refractivity contribution in [2.75, 3.05) is 19.4 Å². The van der Waals surface area contributed by atoms with Gasteiger partial charge in [-0.3, -0.25) is 0 Å². The van der Waals surface area contributed by atoms with Crippen molar-refractivity contribution in [1.82, 2.24) is 5.32 Å². The molecule has 0 aliphatic heterocycles. The molecule has 0 saturated heterocycles. The zero-order chi connectivity index (χ0) is 12.1. The Bertz CT molecular complexity index is 272. The minimum atomic E-state index is -3.05. The number of nitrogens with one attached hydrogen (secondary N) is 1. The largest absolute Gasteiger partial charge is 0.396 e. The van der Waals surface area contributed by atoms with Gasteiger partial charge in [-0.25, -0.2) is 8.42 Å². The average Bonchev–Trinajstić information content (AvgIpc) is 2.10. The summed E-state index contributed by atoms with van der Waals surface area (Å²) in [6.07, 6.45) is 2.80. The fourth-order valence-electron chi connectivity index (χ4n) is 1.13. The summed E-state index contributed by atoms with van der Waals surface area (Å²) in [6, 6.07) is 0.191. The Morgan fingerprint density at radius 3 is 2.27 bits per heavy atom. The van der Waals surface area contributed by atoms with E-state index in [0.29, 0.717) is 13.0 Å². The minimum absolute atomic E-state index is 0.130. The standard InChI is InChI=1S/C10H23NO3S/c1-5-9(6-7-12)11-8-10(2,3)15(4,13)14/h9,11-12H,5-8H2,1-4H3. The maximum absolute atomic E-state index is 11.4. The van der Waals surface area contributed by atoms with Crippen LogP contribution < -0.4 is 5.32 Å². The van der Waals surface area contributed by atoms with Gasteiger partial charge in [-0.05, 0) is 26.7 Å². The van der Waals surface area contributed by atoms with Gasteiger partial charge in [0.2, 0.25) is 0 Å². The van der Waals surface area contributed by atoms with Gasteiger partial charge in [-0.15, -0.1) is 0 Å². The van der Waals surface area contributed by atoms with Gasteiger partial charge >= 0.3 is 0 Å². The molecule has 0 saturated carbocycles. The monoisotopic (exact) mass is 237 g/mol. The quantitative estimate of drug-likeness (QED) is 0.679. The molecule has 4 nitrogen and oxygen atoms in total. The number of hydrogen-bond donors (Lipinski definition) is 2. The Morgan fingerprint density at radius 1 is 1.40 bits per heavy atom.